The van der Waals surface area contributed by atoms with Gasteiger partial charge < -0.3 is 10.9 Å². The van der Waals surface area contributed by atoms with Gasteiger partial charge in [-0.2, -0.15) is 10.2 Å². The fourth-order valence-electron chi connectivity index (χ4n) is 0.928. The van der Waals surface area contributed by atoms with Gasteiger partial charge in [-0.05, 0) is 41.5 Å². The van der Waals surface area contributed by atoms with Crippen LogP contribution in [-0.2, 0) is 0 Å². The van der Waals surface area contributed by atoms with Crippen molar-refractivity contribution >= 4 is 11.4 Å². The third kappa shape index (κ3) is 9.25. The van der Waals surface area contributed by atoms with Crippen molar-refractivity contribution in [3.63, 3.8) is 0 Å². The number of hydrazone groups is 2. The molecule has 0 unspecified atom stereocenters. The minimum Gasteiger partial charge on any atom is -0.308 e. The van der Waals surface area contributed by atoms with Crippen LogP contribution in [-0.4, -0.2) is 23.5 Å². The number of rotatable bonds is 6. The average molecular weight is 212 g/mol. The maximum Gasteiger partial charge on any atom is 0.0404 e. The Morgan fingerprint density at radius 1 is 0.867 bits per heavy atom. The van der Waals surface area contributed by atoms with Gasteiger partial charge in [-0.25, -0.2) is 0 Å². The van der Waals surface area contributed by atoms with E-state index in [1.807, 2.05) is 13.8 Å². The van der Waals surface area contributed by atoms with Crippen molar-refractivity contribution in [1.29, 1.82) is 0 Å². The molecule has 0 aliphatic carbocycles. The highest BCUT2D eigenvalue weighted by Crippen LogP contribution is 1.91. The maximum atomic E-state index is 4.25. The number of hydrogen-bond donors (Lipinski definition) is 2. The molecule has 0 rings (SSSR count). The monoisotopic (exact) mass is 212 g/mol. The lowest BCUT2D eigenvalue weighted by molar-refractivity contribution is 0.616. The zero-order valence-electron chi connectivity index (χ0n) is 10.8. The van der Waals surface area contributed by atoms with Crippen LogP contribution in [0.3, 0.4) is 0 Å². The van der Waals surface area contributed by atoms with Gasteiger partial charge in [0.15, 0.2) is 0 Å². The molecule has 0 aliphatic heterocycles. The average Bonchev–Trinajstić information content (AvgIpc) is 2.11. The molecule has 0 aliphatic rings. The van der Waals surface area contributed by atoms with Gasteiger partial charge in [-0.1, -0.05) is 0 Å². The van der Waals surface area contributed by atoms with Gasteiger partial charge in [-0.3, -0.25) is 0 Å². The van der Waals surface area contributed by atoms with Crippen molar-refractivity contribution < 1.29 is 0 Å². The van der Waals surface area contributed by atoms with Gasteiger partial charge in [-0.15, -0.1) is 0 Å². The molecule has 0 fully saturated rings. The van der Waals surface area contributed by atoms with Crippen molar-refractivity contribution in [2.75, 3.05) is 0 Å². The van der Waals surface area contributed by atoms with E-state index in [-0.39, 0.29) is 0 Å². The molecule has 15 heavy (non-hydrogen) atoms. The Kier molecular flexibility index (Phi) is 6.75. The largest absolute Gasteiger partial charge is 0.308 e. The highest BCUT2D eigenvalue weighted by Gasteiger charge is 1.97. The summed E-state index contributed by atoms with van der Waals surface area (Å²) in [6, 6.07) is 0.761. The van der Waals surface area contributed by atoms with Crippen molar-refractivity contribution in [1.82, 2.24) is 10.9 Å². The molecule has 0 atom stereocenters. The van der Waals surface area contributed by atoms with Gasteiger partial charge in [0.05, 0.1) is 0 Å². The summed E-state index contributed by atoms with van der Waals surface area (Å²) in [4.78, 5) is 0. The normalized spacial score (nSPS) is 13.6. The Bertz CT molecular complexity index is 205. The van der Waals surface area contributed by atoms with E-state index in [9.17, 15) is 0 Å². The molecule has 0 saturated heterocycles. The van der Waals surface area contributed by atoms with Gasteiger partial charge >= 0.3 is 0 Å². The second-order valence-corrected chi connectivity index (χ2v) is 4.44. The van der Waals surface area contributed by atoms with E-state index in [2.05, 4.69) is 48.7 Å². The van der Waals surface area contributed by atoms with E-state index < -0.39 is 0 Å². The molecule has 88 valence electrons. The molecule has 0 spiro atoms. The smallest absolute Gasteiger partial charge is 0.0404 e. The molecule has 0 amide bonds. The van der Waals surface area contributed by atoms with Crippen LogP contribution in [0.2, 0.25) is 0 Å². The summed E-state index contributed by atoms with van der Waals surface area (Å²) in [5.41, 5.74) is 8.16. The molecule has 0 aromatic heterocycles. The van der Waals surface area contributed by atoms with Gasteiger partial charge in [0.2, 0.25) is 0 Å². The summed E-state index contributed by atoms with van der Waals surface area (Å²) in [6.07, 6.45) is 0.805. The Hall–Kier alpha value is -1.06. The van der Waals surface area contributed by atoms with Crippen LogP contribution in [0.4, 0.5) is 0 Å². The van der Waals surface area contributed by atoms with Crippen molar-refractivity contribution in [2.45, 2.75) is 60.0 Å². The molecule has 0 heterocycles. The molecule has 0 aromatic rings. The Morgan fingerprint density at radius 2 is 1.20 bits per heavy atom. The quantitative estimate of drug-likeness (QED) is 0.523. The molecule has 0 saturated carbocycles. The molecule has 4 nitrogen and oxygen atoms in total. The van der Waals surface area contributed by atoms with Gasteiger partial charge in [0.25, 0.3) is 0 Å². The van der Waals surface area contributed by atoms with Crippen LogP contribution in [0.5, 0.6) is 0 Å². The van der Waals surface area contributed by atoms with Crippen LogP contribution in [0.15, 0.2) is 10.2 Å². The van der Waals surface area contributed by atoms with E-state index in [0.717, 1.165) is 17.8 Å². The zero-order valence-corrected chi connectivity index (χ0v) is 10.8. The number of nitrogens with one attached hydrogen (secondary N) is 2. The Labute approximate surface area is 93.2 Å². The summed E-state index contributed by atoms with van der Waals surface area (Å²) < 4.78 is 0. The van der Waals surface area contributed by atoms with E-state index >= 15 is 0 Å². The molecular weight excluding hydrogens is 188 g/mol. The summed E-state index contributed by atoms with van der Waals surface area (Å²) in [6.45, 7) is 12.3. The van der Waals surface area contributed by atoms with Gasteiger partial charge in [0.1, 0.15) is 0 Å². The first-order chi connectivity index (χ1) is 6.91. The van der Waals surface area contributed by atoms with E-state index in [1.54, 1.807) is 0 Å². The Balaban J connectivity index is 3.99. The predicted octanol–water partition coefficient (Wildman–Crippen LogP) is 2.12. The summed E-state index contributed by atoms with van der Waals surface area (Å²) in [5.74, 6) is 0. The summed E-state index contributed by atoms with van der Waals surface area (Å²) in [7, 11) is 0. The molecule has 0 bridgehead atoms. The van der Waals surface area contributed by atoms with Crippen LogP contribution < -0.4 is 10.9 Å². The third-order valence-corrected chi connectivity index (χ3v) is 1.54. The topological polar surface area (TPSA) is 48.8 Å². The third-order valence-electron chi connectivity index (χ3n) is 1.54. The minimum atomic E-state index is 0.381. The Morgan fingerprint density at radius 3 is 1.47 bits per heavy atom. The molecule has 0 aromatic carbocycles. The van der Waals surface area contributed by atoms with Crippen LogP contribution in [0, 0.1) is 0 Å². The molecule has 4 heteroatoms. The first-order valence-corrected chi connectivity index (χ1v) is 5.49. The lowest BCUT2D eigenvalue weighted by Gasteiger charge is -2.07. The fourth-order valence-corrected chi connectivity index (χ4v) is 0.928. The SMILES string of the molecule is C/C(C/C(C)=N/NC(C)C)=N/NC(C)C. The first-order valence-electron chi connectivity index (χ1n) is 5.49. The second-order valence-electron chi connectivity index (χ2n) is 4.44. The minimum absolute atomic E-state index is 0.381. The highest BCUT2D eigenvalue weighted by atomic mass is 15.3. The molecular formula is C11H24N4. The number of nitrogens with zero attached hydrogens (tertiary/aromatic N) is 2. The van der Waals surface area contributed by atoms with Crippen LogP contribution in [0.1, 0.15) is 48.0 Å². The van der Waals surface area contributed by atoms with E-state index in [4.69, 9.17) is 0 Å². The maximum absolute atomic E-state index is 4.25. The zero-order chi connectivity index (χ0) is 11.8. The summed E-state index contributed by atoms with van der Waals surface area (Å²) >= 11 is 0. The van der Waals surface area contributed by atoms with Crippen LogP contribution >= 0.6 is 0 Å². The highest BCUT2D eigenvalue weighted by molar-refractivity contribution is 6.02. The van der Waals surface area contributed by atoms with Crippen molar-refractivity contribution in [3.05, 3.63) is 0 Å². The van der Waals surface area contributed by atoms with Gasteiger partial charge in [0, 0.05) is 29.9 Å². The van der Waals surface area contributed by atoms with Crippen molar-refractivity contribution in [3.8, 4) is 0 Å². The fraction of sp³-hybridized carbons (Fsp3) is 0.818. The lowest BCUT2D eigenvalue weighted by atomic mass is 10.2. The standard InChI is InChI=1S/C11H24N4/c1-8(2)12-14-10(5)7-11(6)15-13-9(3)4/h8-9,12-13H,7H2,1-6H3/b14-10-,15-11+. The first kappa shape index (κ1) is 13.9. The van der Waals surface area contributed by atoms with E-state index in [1.165, 1.54) is 0 Å². The van der Waals surface area contributed by atoms with Crippen LogP contribution in [0.25, 0.3) is 0 Å². The van der Waals surface area contributed by atoms with Crippen molar-refractivity contribution in [2.24, 2.45) is 10.2 Å². The summed E-state index contributed by atoms with van der Waals surface area (Å²) in [5, 5.41) is 8.50. The number of hydrogen-bond acceptors (Lipinski definition) is 4. The lowest BCUT2D eigenvalue weighted by Crippen LogP contribution is -2.20. The molecule has 0 radical (unpaired) electrons. The molecule has 2 N–H and O–H groups in total. The van der Waals surface area contributed by atoms with E-state index in [0.29, 0.717) is 12.1 Å². The second kappa shape index (κ2) is 7.26. The predicted molar refractivity (Wildman–Crippen MR) is 67.4 cm³/mol.